The van der Waals surface area contributed by atoms with Gasteiger partial charge in [0.05, 0.1) is 5.69 Å². The van der Waals surface area contributed by atoms with Crippen molar-refractivity contribution in [1.82, 2.24) is 9.88 Å². The molecular formula is C12H18N2O2S. The standard InChI is InChI=1S/C12H18N2O2S/c1-2-14(10-5-3-4-6-10)7-9-8-17-11(13-9)12(15)16/h8,10H,2-7H2,1H3,(H,15,16). The number of carbonyl (C=O) groups is 1. The lowest BCUT2D eigenvalue weighted by Crippen LogP contribution is -2.32. The van der Waals surface area contributed by atoms with Crippen molar-refractivity contribution in [3.63, 3.8) is 0 Å². The molecule has 0 saturated heterocycles. The van der Waals surface area contributed by atoms with Gasteiger partial charge in [-0.2, -0.15) is 0 Å². The highest BCUT2D eigenvalue weighted by Gasteiger charge is 2.22. The van der Waals surface area contributed by atoms with Gasteiger partial charge in [0, 0.05) is 18.0 Å². The first kappa shape index (κ1) is 12.5. The van der Waals surface area contributed by atoms with E-state index in [-0.39, 0.29) is 5.01 Å². The van der Waals surface area contributed by atoms with Crippen LogP contribution < -0.4 is 0 Å². The third-order valence-electron chi connectivity index (χ3n) is 3.35. The lowest BCUT2D eigenvalue weighted by Gasteiger charge is -2.26. The summed E-state index contributed by atoms with van der Waals surface area (Å²) >= 11 is 1.22. The smallest absolute Gasteiger partial charge is 0.365 e. The highest BCUT2D eigenvalue weighted by molar-refractivity contribution is 7.11. The highest BCUT2D eigenvalue weighted by Crippen LogP contribution is 2.25. The van der Waals surface area contributed by atoms with Gasteiger partial charge in [-0.15, -0.1) is 11.3 Å². The number of rotatable bonds is 5. The van der Waals surface area contributed by atoms with Crippen LogP contribution in [0, 0.1) is 0 Å². The van der Waals surface area contributed by atoms with Crippen LogP contribution in [0.4, 0.5) is 0 Å². The summed E-state index contributed by atoms with van der Waals surface area (Å²) in [5.74, 6) is -0.926. The molecule has 0 spiro atoms. The van der Waals surface area contributed by atoms with Crippen LogP contribution in [0.5, 0.6) is 0 Å². The Morgan fingerprint density at radius 3 is 2.82 bits per heavy atom. The van der Waals surface area contributed by atoms with E-state index in [1.54, 1.807) is 0 Å². The van der Waals surface area contributed by atoms with Crippen molar-refractivity contribution in [3.05, 3.63) is 16.1 Å². The van der Waals surface area contributed by atoms with Gasteiger partial charge in [-0.05, 0) is 19.4 Å². The van der Waals surface area contributed by atoms with Gasteiger partial charge in [0.2, 0.25) is 5.01 Å². The molecule has 94 valence electrons. The molecule has 1 heterocycles. The monoisotopic (exact) mass is 254 g/mol. The summed E-state index contributed by atoms with van der Waals surface area (Å²) in [4.78, 5) is 17.3. The summed E-state index contributed by atoms with van der Waals surface area (Å²) in [5.41, 5.74) is 0.890. The van der Waals surface area contributed by atoms with Gasteiger partial charge < -0.3 is 5.11 Å². The number of nitrogens with zero attached hydrogens (tertiary/aromatic N) is 2. The molecule has 0 unspecified atom stereocenters. The topological polar surface area (TPSA) is 53.4 Å². The molecule has 0 aromatic carbocycles. The third-order valence-corrected chi connectivity index (χ3v) is 4.23. The third kappa shape index (κ3) is 3.04. The Kier molecular flexibility index (Phi) is 4.12. The van der Waals surface area contributed by atoms with Crippen LogP contribution >= 0.6 is 11.3 Å². The maximum atomic E-state index is 10.8. The fourth-order valence-electron chi connectivity index (χ4n) is 2.45. The van der Waals surface area contributed by atoms with E-state index in [4.69, 9.17) is 5.11 Å². The molecule has 0 bridgehead atoms. The molecule has 1 aliphatic rings. The van der Waals surface area contributed by atoms with Gasteiger partial charge in [0.25, 0.3) is 0 Å². The van der Waals surface area contributed by atoms with Crippen molar-refractivity contribution < 1.29 is 9.90 Å². The molecule has 2 rings (SSSR count). The first-order valence-electron chi connectivity index (χ1n) is 6.12. The minimum Gasteiger partial charge on any atom is -0.476 e. The first-order valence-corrected chi connectivity index (χ1v) is 7.00. The van der Waals surface area contributed by atoms with E-state index in [9.17, 15) is 4.79 Å². The van der Waals surface area contributed by atoms with E-state index >= 15 is 0 Å². The fourth-order valence-corrected chi connectivity index (χ4v) is 3.10. The van der Waals surface area contributed by atoms with Crippen LogP contribution in [0.2, 0.25) is 0 Å². The predicted octanol–water partition coefficient (Wildman–Crippen LogP) is 2.61. The fraction of sp³-hybridized carbons (Fsp3) is 0.667. The van der Waals surface area contributed by atoms with Crippen molar-refractivity contribution in [2.45, 2.75) is 45.2 Å². The van der Waals surface area contributed by atoms with Gasteiger partial charge >= 0.3 is 5.97 Å². The number of hydrogen-bond donors (Lipinski definition) is 1. The van der Waals surface area contributed by atoms with Crippen molar-refractivity contribution in [2.75, 3.05) is 6.54 Å². The second-order valence-corrected chi connectivity index (χ2v) is 5.31. The van der Waals surface area contributed by atoms with Crippen molar-refractivity contribution in [1.29, 1.82) is 0 Å². The van der Waals surface area contributed by atoms with Crippen molar-refractivity contribution in [3.8, 4) is 0 Å². The molecule has 0 radical (unpaired) electrons. The molecule has 0 aliphatic heterocycles. The van der Waals surface area contributed by atoms with Crippen LogP contribution in [0.1, 0.15) is 48.1 Å². The van der Waals surface area contributed by atoms with E-state index in [1.807, 2.05) is 5.38 Å². The summed E-state index contributed by atoms with van der Waals surface area (Å²) in [7, 11) is 0. The van der Waals surface area contributed by atoms with Crippen LogP contribution in [0.3, 0.4) is 0 Å². The molecule has 1 aromatic rings. The quantitative estimate of drug-likeness (QED) is 0.877. The van der Waals surface area contributed by atoms with Crippen molar-refractivity contribution >= 4 is 17.3 Å². The number of hydrogen-bond acceptors (Lipinski definition) is 4. The number of carboxylic acids is 1. The molecular weight excluding hydrogens is 236 g/mol. The molecule has 0 atom stereocenters. The van der Waals surface area contributed by atoms with E-state index in [1.165, 1.54) is 37.0 Å². The summed E-state index contributed by atoms with van der Waals surface area (Å²) in [5, 5.41) is 10.9. The van der Waals surface area contributed by atoms with Crippen LogP contribution in [-0.4, -0.2) is 33.5 Å². The Morgan fingerprint density at radius 1 is 1.59 bits per heavy atom. The zero-order chi connectivity index (χ0) is 12.3. The highest BCUT2D eigenvalue weighted by atomic mass is 32.1. The lowest BCUT2D eigenvalue weighted by molar-refractivity contribution is 0.0696. The summed E-state index contributed by atoms with van der Waals surface area (Å²) < 4.78 is 0. The average molecular weight is 254 g/mol. The number of thiazole rings is 1. The Bertz CT molecular complexity index is 386. The largest absolute Gasteiger partial charge is 0.476 e. The Labute approximate surface area is 105 Å². The lowest BCUT2D eigenvalue weighted by atomic mass is 10.2. The molecule has 1 aliphatic carbocycles. The Morgan fingerprint density at radius 2 is 2.29 bits per heavy atom. The summed E-state index contributed by atoms with van der Waals surface area (Å²) in [6.45, 7) is 3.94. The Hall–Kier alpha value is -0.940. The second kappa shape index (κ2) is 5.60. The van der Waals surface area contributed by atoms with Gasteiger partial charge in [-0.25, -0.2) is 9.78 Å². The van der Waals surface area contributed by atoms with E-state index < -0.39 is 5.97 Å². The minimum atomic E-state index is -0.926. The molecule has 1 aromatic heterocycles. The molecule has 1 saturated carbocycles. The second-order valence-electron chi connectivity index (χ2n) is 4.45. The van der Waals surface area contributed by atoms with Crippen LogP contribution in [0.25, 0.3) is 0 Å². The van der Waals surface area contributed by atoms with Crippen LogP contribution in [0.15, 0.2) is 5.38 Å². The SMILES string of the molecule is CCN(Cc1csc(C(=O)O)n1)C1CCCC1. The number of carboxylic acid groups (broad SMARTS) is 1. The molecule has 1 fully saturated rings. The molecule has 17 heavy (non-hydrogen) atoms. The zero-order valence-electron chi connectivity index (χ0n) is 10.1. The Balaban J connectivity index is 1.99. The molecule has 4 nitrogen and oxygen atoms in total. The van der Waals surface area contributed by atoms with E-state index in [0.717, 1.165) is 18.8 Å². The van der Waals surface area contributed by atoms with Gasteiger partial charge in [-0.3, -0.25) is 4.90 Å². The first-order chi connectivity index (χ1) is 8.20. The summed E-state index contributed by atoms with van der Waals surface area (Å²) in [6.07, 6.45) is 5.17. The van der Waals surface area contributed by atoms with Crippen LogP contribution in [-0.2, 0) is 6.54 Å². The molecule has 5 heteroatoms. The number of aromatic carboxylic acids is 1. The average Bonchev–Trinajstić information content (AvgIpc) is 2.96. The van der Waals surface area contributed by atoms with Gasteiger partial charge in [-0.1, -0.05) is 19.8 Å². The van der Waals surface area contributed by atoms with Gasteiger partial charge in [0.15, 0.2) is 0 Å². The zero-order valence-corrected chi connectivity index (χ0v) is 10.9. The number of aromatic nitrogens is 1. The van der Waals surface area contributed by atoms with Crippen molar-refractivity contribution in [2.24, 2.45) is 0 Å². The summed E-state index contributed by atoms with van der Waals surface area (Å²) in [6, 6.07) is 0.662. The maximum absolute atomic E-state index is 10.8. The minimum absolute atomic E-state index is 0.197. The van der Waals surface area contributed by atoms with Gasteiger partial charge in [0.1, 0.15) is 0 Å². The molecule has 1 N–H and O–H groups in total. The van der Waals surface area contributed by atoms with E-state index in [0.29, 0.717) is 6.04 Å². The van der Waals surface area contributed by atoms with E-state index in [2.05, 4.69) is 16.8 Å². The normalized spacial score (nSPS) is 16.8. The predicted molar refractivity (Wildman–Crippen MR) is 67.4 cm³/mol. The maximum Gasteiger partial charge on any atom is 0.365 e. The molecule has 0 amide bonds.